The topological polar surface area (TPSA) is 55.1 Å². The van der Waals surface area contributed by atoms with Gasteiger partial charge in [0.15, 0.2) is 0 Å². The van der Waals surface area contributed by atoms with Crippen molar-refractivity contribution in [3.63, 3.8) is 0 Å². The Bertz CT molecular complexity index is 539. The molecule has 0 radical (unpaired) electrons. The van der Waals surface area contributed by atoms with Crippen molar-refractivity contribution >= 4 is 34.7 Å². The molecule has 1 aliphatic carbocycles. The lowest BCUT2D eigenvalue weighted by molar-refractivity contribution is 0.0908. The molecule has 1 aliphatic rings. The van der Waals surface area contributed by atoms with Gasteiger partial charge in [0.1, 0.15) is 0 Å². The van der Waals surface area contributed by atoms with Crippen molar-refractivity contribution in [2.24, 2.45) is 5.73 Å². The quantitative estimate of drug-likeness (QED) is 0.842. The number of hydrogen-bond acceptors (Lipinski definition) is 2. The van der Waals surface area contributed by atoms with Crippen LogP contribution in [0, 0.1) is 6.92 Å². The average Bonchev–Trinajstić information content (AvgIpc) is 2.42. The zero-order chi connectivity index (χ0) is 14.8. The molecule has 3 nitrogen and oxygen atoms in total. The Hall–Kier alpha value is -1.13. The maximum atomic E-state index is 12.4. The highest BCUT2D eigenvalue weighted by molar-refractivity contribution is 7.80. The minimum atomic E-state index is -0.540. The van der Waals surface area contributed by atoms with Crippen LogP contribution in [0.1, 0.15) is 48.0 Å². The second kappa shape index (κ2) is 6.10. The molecule has 1 aromatic rings. The van der Waals surface area contributed by atoms with Gasteiger partial charge in [0.2, 0.25) is 0 Å². The first-order valence-electron chi connectivity index (χ1n) is 6.83. The van der Waals surface area contributed by atoms with Crippen LogP contribution in [0.4, 0.5) is 0 Å². The molecule has 108 valence electrons. The molecule has 1 fully saturated rings. The minimum Gasteiger partial charge on any atom is -0.391 e. The number of hydrogen-bond donors (Lipinski definition) is 2. The highest BCUT2D eigenvalue weighted by atomic mass is 35.5. The Balaban J connectivity index is 2.20. The van der Waals surface area contributed by atoms with Gasteiger partial charge in [0, 0.05) is 10.6 Å². The first-order valence-corrected chi connectivity index (χ1v) is 7.62. The molecule has 20 heavy (non-hydrogen) atoms. The minimum absolute atomic E-state index is 0.165. The van der Waals surface area contributed by atoms with Crippen LogP contribution in [0.15, 0.2) is 18.2 Å². The molecule has 0 atom stereocenters. The number of carbonyl (C=O) groups excluding carboxylic acids is 1. The molecular formula is C15H19ClN2OS. The van der Waals surface area contributed by atoms with E-state index in [1.165, 1.54) is 0 Å². The molecule has 1 aromatic carbocycles. The monoisotopic (exact) mass is 310 g/mol. The fraction of sp³-hybridized carbons (Fsp3) is 0.467. The van der Waals surface area contributed by atoms with Crippen LogP contribution in [-0.4, -0.2) is 16.4 Å². The largest absolute Gasteiger partial charge is 0.391 e. The maximum Gasteiger partial charge on any atom is 0.252 e. The third-order valence-corrected chi connectivity index (χ3v) is 4.76. The third kappa shape index (κ3) is 3.13. The van der Waals surface area contributed by atoms with Crippen LogP contribution in [0.5, 0.6) is 0 Å². The third-order valence-electron chi connectivity index (χ3n) is 3.97. The van der Waals surface area contributed by atoms with E-state index < -0.39 is 5.54 Å². The lowest BCUT2D eigenvalue weighted by Gasteiger charge is -2.37. The summed E-state index contributed by atoms with van der Waals surface area (Å²) >= 11 is 11.2. The Labute approximate surface area is 129 Å². The van der Waals surface area contributed by atoms with E-state index >= 15 is 0 Å². The highest BCUT2D eigenvalue weighted by Crippen LogP contribution is 2.29. The van der Waals surface area contributed by atoms with Gasteiger partial charge >= 0.3 is 0 Å². The van der Waals surface area contributed by atoms with Gasteiger partial charge in [-0.2, -0.15) is 0 Å². The number of nitrogens with one attached hydrogen (secondary N) is 1. The molecule has 0 heterocycles. The lowest BCUT2D eigenvalue weighted by atomic mass is 9.81. The molecule has 0 aromatic heterocycles. The molecule has 3 N–H and O–H groups in total. The SMILES string of the molecule is Cc1ccc(C(=O)NC2(C(N)=S)CCCCC2)cc1Cl. The van der Waals surface area contributed by atoms with Gasteiger partial charge in [-0.3, -0.25) is 4.79 Å². The summed E-state index contributed by atoms with van der Waals surface area (Å²) in [4.78, 5) is 12.8. The zero-order valence-corrected chi connectivity index (χ0v) is 13.1. The summed E-state index contributed by atoms with van der Waals surface area (Å²) in [5, 5.41) is 3.62. The Morgan fingerprint density at radius 3 is 2.55 bits per heavy atom. The van der Waals surface area contributed by atoms with E-state index in [2.05, 4.69) is 5.32 Å². The normalized spacial score (nSPS) is 17.5. The highest BCUT2D eigenvalue weighted by Gasteiger charge is 2.36. The smallest absolute Gasteiger partial charge is 0.252 e. The predicted molar refractivity (Wildman–Crippen MR) is 86.3 cm³/mol. The number of amides is 1. The molecule has 0 bridgehead atoms. The van der Waals surface area contributed by atoms with E-state index in [1.54, 1.807) is 12.1 Å². The molecule has 0 spiro atoms. The summed E-state index contributed by atoms with van der Waals surface area (Å²) in [5.74, 6) is -0.165. The molecule has 1 amide bonds. The van der Waals surface area contributed by atoms with Gasteiger partial charge in [0.05, 0.1) is 10.5 Å². The number of carbonyl (C=O) groups is 1. The zero-order valence-electron chi connectivity index (χ0n) is 11.5. The van der Waals surface area contributed by atoms with E-state index in [0.29, 0.717) is 15.6 Å². The van der Waals surface area contributed by atoms with Crippen LogP contribution in [-0.2, 0) is 0 Å². The second-order valence-electron chi connectivity index (χ2n) is 5.43. The van der Waals surface area contributed by atoms with Gasteiger partial charge in [-0.05, 0) is 37.5 Å². The molecule has 5 heteroatoms. The van der Waals surface area contributed by atoms with E-state index in [1.807, 2.05) is 13.0 Å². The van der Waals surface area contributed by atoms with Crippen LogP contribution in [0.25, 0.3) is 0 Å². The van der Waals surface area contributed by atoms with Crippen LogP contribution in [0.3, 0.4) is 0 Å². The number of nitrogens with two attached hydrogens (primary N) is 1. The maximum absolute atomic E-state index is 12.4. The Morgan fingerprint density at radius 2 is 2.00 bits per heavy atom. The fourth-order valence-electron chi connectivity index (χ4n) is 2.61. The summed E-state index contributed by atoms with van der Waals surface area (Å²) in [5.41, 5.74) is 6.83. The number of halogens is 1. The van der Waals surface area contributed by atoms with Crippen LogP contribution in [0.2, 0.25) is 5.02 Å². The van der Waals surface area contributed by atoms with Crippen molar-refractivity contribution in [2.75, 3.05) is 0 Å². The van der Waals surface area contributed by atoms with Crippen LogP contribution < -0.4 is 11.1 Å². The summed E-state index contributed by atoms with van der Waals surface area (Å²) in [6.07, 6.45) is 4.86. The molecule has 0 unspecified atom stereocenters. The fourth-order valence-corrected chi connectivity index (χ4v) is 3.05. The summed E-state index contributed by atoms with van der Waals surface area (Å²) in [7, 11) is 0. The Kier molecular flexibility index (Phi) is 4.66. The van der Waals surface area contributed by atoms with E-state index in [-0.39, 0.29) is 5.91 Å². The standard InChI is InChI=1S/C15H19ClN2OS/c1-10-5-6-11(9-12(10)16)13(19)18-15(14(17)20)7-3-2-4-8-15/h5-6,9H,2-4,7-8H2,1H3,(H2,17,20)(H,18,19). The van der Waals surface area contributed by atoms with E-state index in [9.17, 15) is 4.79 Å². The van der Waals surface area contributed by atoms with Crippen molar-refractivity contribution in [1.82, 2.24) is 5.32 Å². The average molecular weight is 311 g/mol. The van der Waals surface area contributed by atoms with Gasteiger partial charge in [0.25, 0.3) is 5.91 Å². The van der Waals surface area contributed by atoms with Crippen molar-refractivity contribution in [2.45, 2.75) is 44.6 Å². The summed E-state index contributed by atoms with van der Waals surface area (Å²) in [6.45, 7) is 1.90. The van der Waals surface area contributed by atoms with Crippen molar-refractivity contribution in [1.29, 1.82) is 0 Å². The van der Waals surface area contributed by atoms with Crippen molar-refractivity contribution in [3.8, 4) is 0 Å². The van der Waals surface area contributed by atoms with Crippen molar-refractivity contribution < 1.29 is 4.79 Å². The van der Waals surface area contributed by atoms with E-state index in [4.69, 9.17) is 29.6 Å². The summed E-state index contributed by atoms with van der Waals surface area (Å²) in [6, 6.07) is 5.29. The number of thiocarbonyl (C=S) groups is 1. The van der Waals surface area contributed by atoms with Crippen LogP contribution >= 0.6 is 23.8 Å². The van der Waals surface area contributed by atoms with Gasteiger partial charge in [-0.15, -0.1) is 0 Å². The predicted octanol–water partition coefficient (Wildman–Crippen LogP) is 3.37. The molecular weight excluding hydrogens is 292 g/mol. The lowest BCUT2D eigenvalue weighted by Crippen LogP contribution is -2.57. The van der Waals surface area contributed by atoms with Crippen molar-refractivity contribution in [3.05, 3.63) is 34.3 Å². The molecule has 2 rings (SSSR count). The second-order valence-corrected chi connectivity index (χ2v) is 6.27. The first-order chi connectivity index (χ1) is 9.44. The molecule has 0 saturated heterocycles. The molecule has 1 saturated carbocycles. The van der Waals surface area contributed by atoms with Gasteiger partial charge < -0.3 is 11.1 Å². The Morgan fingerprint density at radius 1 is 1.35 bits per heavy atom. The number of aryl methyl sites for hydroxylation is 1. The molecule has 0 aliphatic heterocycles. The summed E-state index contributed by atoms with van der Waals surface area (Å²) < 4.78 is 0. The van der Waals surface area contributed by atoms with E-state index in [0.717, 1.165) is 37.7 Å². The number of rotatable bonds is 3. The first kappa shape index (κ1) is 15.3. The van der Waals surface area contributed by atoms with Gasteiger partial charge in [-0.1, -0.05) is 49.1 Å². The van der Waals surface area contributed by atoms with Gasteiger partial charge in [-0.25, -0.2) is 0 Å². The number of benzene rings is 1.